The number of benzene rings is 4. The van der Waals surface area contributed by atoms with Gasteiger partial charge in [-0.05, 0) is 79.4 Å². The van der Waals surface area contributed by atoms with Crippen molar-refractivity contribution in [3.8, 4) is 43.8 Å². The Labute approximate surface area is 534 Å². The highest BCUT2D eigenvalue weighted by Gasteiger charge is 2.50. The SMILES string of the molecule is COCCOCc1ccc(-c2ccc(-c3nnc(-c4ccc(C(=O)N[C@H]5C[C@@H](O)CNC(=O)[C@@H]6[C@@H](O)[C@@H](C)CN6C(=O)[C@H]([C@H](O)CCN)NC(=O)[C@H]([C@H](O)Cc6ccc(O)c(OCCCN)c6)NC(=O)[C@@H]6C[C@@H](O)CN6C(=O)[C@H]([C@@H](C)O)NC5=O)cc4)s3)cc2)cc1. The minimum atomic E-state index is -2.04. The molecule has 0 spiro atoms. The minimum absolute atomic E-state index is 0.00157. The molecule has 29 heteroatoms. The van der Waals surface area contributed by atoms with E-state index >= 15 is 0 Å². The molecule has 92 heavy (non-hydrogen) atoms. The molecule has 4 heterocycles. The van der Waals surface area contributed by atoms with Gasteiger partial charge in [0.05, 0.1) is 63.1 Å². The van der Waals surface area contributed by atoms with Crippen molar-refractivity contribution in [2.24, 2.45) is 17.4 Å². The quantitative estimate of drug-likeness (QED) is 0.0369. The number of hydrogen-bond acceptors (Lipinski definition) is 22. The van der Waals surface area contributed by atoms with Crippen LogP contribution in [0.1, 0.15) is 61.0 Å². The van der Waals surface area contributed by atoms with Crippen LogP contribution >= 0.6 is 11.3 Å². The van der Waals surface area contributed by atoms with Gasteiger partial charge in [-0.15, -0.1) is 10.2 Å². The summed E-state index contributed by atoms with van der Waals surface area (Å²) in [6.07, 6.45) is -11.5. The molecule has 28 nitrogen and oxygen atoms in total. The third-order valence-corrected chi connectivity index (χ3v) is 17.2. The van der Waals surface area contributed by atoms with Gasteiger partial charge in [-0.1, -0.05) is 85.0 Å². The standard InChI is InChI=1S/C63H81N11O17S/c1-33-30-74-53(54(33)81)59(86)66-29-42(76)27-44(67-55(82)39-12-16-41(17-13-39)61-72-71-60(92-61)40-14-10-38(11-15-40)37-8-5-35(6-9-37)32-90-24-23-89-3)56(83)68-50(34(2)75)62(87)73-31-43(77)28-45(73)57(84)69-51(58(85)70-52(63(74)88)47(79)19-21-65)48(80)25-36-7-18-46(78)49(26-36)91-22-4-20-64/h5-18,26,33-34,42-45,47-48,50-54,75-81H,4,19-25,27-32,64-65H2,1-3H3,(H,66,86)(H,67,82)(H,68,83)(H,69,84)(H,70,85)/t33-,34+,42+,43+,44-,45-,47+,48+,50-,51-,52-,53-,54-/m0/s1. The van der Waals surface area contributed by atoms with Crippen LogP contribution in [0.3, 0.4) is 0 Å². The average Bonchev–Trinajstić information content (AvgIpc) is 1.70. The van der Waals surface area contributed by atoms with Gasteiger partial charge in [-0.2, -0.15) is 0 Å². The summed E-state index contributed by atoms with van der Waals surface area (Å²) in [5.41, 5.74) is 16.2. The van der Waals surface area contributed by atoms with E-state index in [2.05, 4.69) is 36.8 Å². The lowest BCUT2D eigenvalue weighted by Crippen LogP contribution is -2.64. The lowest BCUT2D eigenvalue weighted by Gasteiger charge is -2.34. The summed E-state index contributed by atoms with van der Waals surface area (Å²) in [7, 11) is 1.62. The van der Waals surface area contributed by atoms with E-state index < -0.39 is 152 Å². The lowest BCUT2D eigenvalue weighted by atomic mass is 9.98. The van der Waals surface area contributed by atoms with Gasteiger partial charge in [0.1, 0.15) is 46.3 Å². The van der Waals surface area contributed by atoms with E-state index in [9.17, 15) is 69.3 Å². The van der Waals surface area contributed by atoms with Crippen LogP contribution in [0.2, 0.25) is 0 Å². The van der Waals surface area contributed by atoms with Crippen molar-refractivity contribution in [3.05, 3.63) is 108 Å². The van der Waals surface area contributed by atoms with Gasteiger partial charge in [0.15, 0.2) is 11.5 Å². The summed E-state index contributed by atoms with van der Waals surface area (Å²) in [6, 6.07) is 15.1. The molecule has 4 aromatic carbocycles. The Morgan fingerprint density at radius 2 is 1.30 bits per heavy atom. The van der Waals surface area contributed by atoms with Crippen molar-refractivity contribution in [1.29, 1.82) is 0 Å². The molecule has 5 aromatic rings. The third kappa shape index (κ3) is 17.5. The largest absolute Gasteiger partial charge is 0.504 e. The Hall–Kier alpha value is -8.07. The van der Waals surface area contributed by atoms with Crippen molar-refractivity contribution in [3.63, 3.8) is 0 Å². The van der Waals surface area contributed by atoms with E-state index in [1.807, 2.05) is 48.5 Å². The van der Waals surface area contributed by atoms with Gasteiger partial charge in [0.25, 0.3) is 5.91 Å². The maximum atomic E-state index is 14.7. The summed E-state index contributed by atoms with van der Waals surface area (Å²) < 4.78 is 16.3. The summed E-state index contributed by atoms with van der Waals surface area (Å²) in [5.74, 6) is -8.62. The molecule has 0 radical (unpaired) electrons. The fourth-order valence-electron chi connectivity index (χ4n) is 11.1. The van der Waals surface area contributed by atoms with Crippen LogP contribution in [-0.2, 0) is 51.3 Å². The molecule has 8 rings (SSSR count). The molecule has 1 aromatic heterocycles. The van der Waals surface area contributed by atoms with Crippen molar-refractivity contribution in [2.45, 2.75) is 125 Å². The monoisotopic (exact) mass is 1300 g/mol. The number of phenols is 1. The molecule has 3 fully saturated rings. The Bertz CT molecular complexity index is 3340. The van der Waals surface area contributed by atoms with Gasteiger partial charge in [-0.25, -0.2) is 0 Å². The van der Waals surface area contributed by atoms with E-state index in [0.29, 0.717) is 41.8 Å². The number of aromatic nitrogens is 2. The number of nitrogens with one attached hydrogen (secondary N) is 5. The second-order valence-corrected chi connectivity index (χ2v) is 24.2. The van der Waals surface area contributed by atoms with E-state index in [0.717, 1.165) is 39.0 Å². The van der Waals surface area contributed by atoms with Gasteiger partial charge in [0.2, 0.25) is 35.4 Å². The van der Waals surface area contributed by atoms with Crippen molar-refractivity contribution < 1.29 is 83.5 Å². The van der Waals surface area contributed by atoms with Gasteiger partial charge in [-0.3, -0.25) is 33.6 Å². The molecule has 16 N–H and O–H groups in total. The number of hydrogen-bond donors (Lipinski definition) is 14. The highest BCUT2D eigenvalue weighted by molar-refractivity contribution is 7.17. The van der Waals surface area contributed by atoms with Crippen LogP contribution in [0.25, 0.3) is 32.3 Å². The summed E-state index contributed by atoms with van der Waals surface area (Å²) in [6.45, 7) is 2.85. The van der Waals surface area contributed by atoms with Crippen LogP contribution in [-0.4, -0.2) is 230 Å². The van der Waals surface area contributed by atoms with E-state index in [1.165, 1.54) is 48.6 Å². The topological polar surface area (TPSA) is 433 Å². The molecule has 0 bridgehead atoms. The molecular formula is C63H81N11O17S. The van der Waals surface area contributed by atoms with E-state index in [-0.39, 0.29) is 55.3 Å². The molecule has 13 atom stereocenters. The maximum absolute atomic E-state index is 14.7. The molecule has 7 amide bonds. The molecule has 3 aliphatic heterocycles. The van der Waals surface area contributed by atoms with Crippen molar-refractivity contribution >= 4 is 52.7 Å². The predicted octanol–water partition coefficient (Wildman–Crippen LogP) is -1.57. The number of ether oxygens (including phenoxy) is 3. The highest BCUT2D eigenvalue weighted by atomic mass is 32.1. The number of nitrogens with zero attached hydrogens (tertiary/aromatic N) is 4. The Balaban J connectivity index is 1.05. The number of rotatable bonds is 21. The molecule has 3 saturated heterocycles. The number of phenolic OH excluding ortho intramolecular Hbond substituents is 1. The Morgan fingerprint density at radius 1 is 0.696 bits per heavy atom. The van der Waals surface area contributed by atoms with Gasteiger partial charge in [0, 0.05) is 68.6 Å². The van der Waals surface area contributed by atoms with Crippen LogP contribution in [0.15, 0.2) is 91.0 Å². The number of carbonyl (C=O) groups is 7. The van der Waals surface area contributed by atoms with Gasteiger partial charge < -0.3 is 97.8 Å². The smallest absolute Gasteiger partial charge is 0.251 e. The Kier molecular flexibility index (Phi) is 24.6. The third-order valence-electron chi connectivity index (χ3n) is 16.2. The molecule has 0 aliphatic carbocycles. The number of fused-ring (bicyclic) bond motifs is 2. The summed E-state index contributed by atoms with van der Waals surface area (Å²) >= 11 is 1.31. The zero-order valence-corrected chi connectivity index (χ0v) is 51.9. The first-order valence-electron chi connectivity index (χ1n) is 30.3. The highest BCUT2D eigenvalue weighted by Crippen LogP contribution is 2.33. The molecule has 0 saturated carbocycles. The number of aromatic hydroxyl groups is 1. The average molecular weight is 1300 g/mol. The van der Waals surface area contributed by atoms with Crippen LogP contribution < -0.4 is 42.8 Å². The predicted molar refractivity (Wildman–Crippen MR) is 334 cm³/mol. The second-order valence-electron chi connectivity index (χ2n) is 23.2. The van der Waals surface area contributed by atoms with Crippen LogP contribution in [0.4, 0.5) is 0 Å². The number of aliphatic hydroxyl groups excluding tert-OH is 6. The van der Waals surface area contributed by atoms with Crippen LogP contribution in [0.5, 0.6) is 11.5 Å². The number of methoxy groups -OCH3 is 1. The van der Waals surface area contributed by atoms with E-state index in [4.69, 9.17) is 25.7 Å². The molecule has 496 valence electrons. The molecular weight excluding hydrogens is 1210 g/mol. The summed E-state index contributed by atoms with van der Waals surface area (Å²) in [4.78, 5) is 103. The van der Waals surface area contributed by atoms with E-state index in [1.54, 1.807) is 19.2 Å². The zero-order valence-electron chi connectivity index (χ0n) is 51.1. The first-order valence-corrected chi connectivity index (χ1v) is 31.1. The number of carbonyl (C=O) groups excluding carboxylic acids is 7. The first kappa shape index (κ1) is 69.8. The number of aliphatic hydroxyl groups is 6. The second kappa shape index (κ2) is 32.5. The van der Waals surface area contributed by atoms with Crippen LogP contribution in [0, 0.1) is 5.92 Å². The summed E-state index contributed by atoms with van der Waals surface area (Å²) in [5, 5.41) is 101. The maximum Gasteiger partial charge on any atom is 0.251 e. The Morgan fingerprint density at radius 3 is 1.95 bits per heavy atom. The van der Waals surface area contributed by atoms with Gasteiger partial charge >= 0.3 is 0 Å². The normalized spacial score (nSPS) is 24.7. The molecule has 0 unspecified atom stereocenters. The van der Waals surface area contributed by atoms with Crippen molar-refractivity contribution in [2.75, 3.05) is 59.7 Å². The number of nitrogens with two attached hydrogens (primary N) is 2. The minimum Gasteiger partial charge on any atom is -0.504 e. The zero-order chi connectivity index (χ0) is 66.3. The van der Waals surface area contributed by atoms with Crippen molar-refractivity contribution in [1.82, 2.24) is 46.6 Å². The lowest BCUT2D eigenvalue weighted by molar-refractivity contribution is -0.147. The molecule has 3 aliphatic rings. The number of amides is 7. The fourth-order valence-corrected chi connectivity index (χ4v) is 11.9. The number of β-amino-alcohol motifs (C(OH)–C–C–N with tert-alkyl or cyclic N) is 1. The first-order chi connectivity index (χ1) is 44.1. The fraction of sp³-hybridized carbons (Fsp3) is 0.476.